The molecule has 1 aliphatic rings. The van der Waals surface area contributed by atoms with Gasteiger partial charge in [0.15, 0.2) is 17.3 Å². The van der Waals surface area contributed by atoms with Gasteiger partial charge in [-0.2, -0.15) is 0 Å². The van der Waals surface area contributed by atoms with Crippen LogP contribution in [0.4, 0.5) is 0 Å². The summed E-state index contributed by atoms with van der Waals surface area (Å²) in [5, 5.41) is 0. The number of ketones is 1. The number of benzene rings is 1. The average Bonchev–Trinajstić information content (AvgIpc) is 2.93. The highest BCUT2D eigenvalue weighted by Crippen LogP contribution is 2.35. The van der Waals surface area contributed by atoms with Gasteiger partial charge in [0, 0.05) is 12.5 Å². The van der Waals surface area contributed by atoms with Crippen molar-refractivity contribution in [3.05, 3.63) is 29.7 Å². The average molecular weight is 245 g/mol. The van der Waals surface area contributed by atoms with Gasteiger partial charge in [0.25, 0.3) is 0 Å². The molecule has 1 aromatic heterocycles. The Morgan fingerprint density at radius 3 is 2.78 bits per heavy atom. The number of carbonyl (C=O) groups excluding carboxylic acids is 1. The summed E-state index contributed by atoms with van der Waals surface area (Å²) in [4.78, 5) is 15.5. The Labute approximate surface area is 103 Å². The first-order valence-corrected chi connectivity index (χ1v) is 5.53. The third-order valence-corrected chi connectivity index (χ3v) is 2.75. The number of Topliss-reactive ketones (excluding diaryl/α,β-unsaturated/α-hetero) is 1. The topological polar surface area (TPSA) is 61.6 Å². The van der Waals surface area contributed by atoms with Gasteiger partial charge in [-0.05, 0) is 25.1 Å². The first-order valence-electron chi connectivity index (χ1n) is 5.53. The largest absolute Gasteiger partial charge is 0.454 e. The minimum atomic E-state index is -0.108. The Morgan fingerprint density at radius 2 is 2.06 bits per heavy atom. The summed E-state index contributed by atoms with van der Waals surface area (Å²) in [6.45, 7) is 3.41. The van der Waals surface area contributed by atoms with E-state index in [1.807, 2.05) is 6.07 Å². The van der Waals surface area contributed by atoms with E-state index in [0.717, 1.165) is 5.56 Å². The molecule has 0 N–H and O–H groups in total. The summed E-state index contributed by atoms with van der Waals surface area (Å²) in [5.41, 5.74) is 1.12. The van der Waals surface area contributed by atoms with Crippen LogP contribution < -0.4 is 9.47 Å². The lowest BCUT2D eigenvalue weighted by atomic mass is 10.2. The number of rotatable bonds is 2. The van der Waals surface area contributed by atoms with Crippen molar-refractivity contribution in [2.75, 3.05) is 6.79 Å². The minimum absolute atomic E-state index is 0.108. The second-order valence-corrected chi connectivity index (χ2v) is 4.05. The molecule has 92 valence electrons. The molecule has 0 radical (unpaired) electrons. The van der Waals surface area contributed by atoms with Crippen LogP contribution in [0, 0.1) is 6.92 Å². The summed E-state index contributed by atoms with van der Waals surface area (Å²) in [6, 6.07) is 5.41. The lowest BCUT2D eigenvalue weighted by molar-refractivity contribution is 0.101. The van der Waals surface area contributed by atoms with Gasteiger partial charge in [0.05, 0.1) is 0 Å². The number of aromatic nitrogens is 1. The Morgan fingerprint density at radius 1 is 1.28 bits per heavy atom. The van der Waals surface area contributed by atoms with Crippen molar-refractivity contribution in [1.82, 2.24) is 4.98 Å². The maximum absolute atomic E-state index is 11.3. The fourth-order valence-corrected chi connectivity index (χ4v) is 1.88. The fraction of sp³-hybridized carbons (Fsp3) is 0.231. The van der Waals surface area contributed by atoms with Gasteiger partial charge in [-0.15, -0.1) is 0 Å². The molecule has 0 bridgehead atoms. The number of carbonyl (C=O) groups is 1. The molecule has 0 saturated heterocycles. The molecule has 5 heteroatoms. The van der Waals surface area contributed by atoms with E-state index < -0.39 is 0 Å². The van der Waals surface area contributed by atoms with Crippen LogP contribution in [0.25, 0.3) is 11.5 Å². The van der Waals surface area contributed by atoms with E-state index >= 15 is 0 Å². The zero-order chi connectivity index (χ0) is 12.7. The molecule has 2 heterocycles. The zero-order valence-corrected chi connectivity index (χ0v) is 10.0. The molecule has 0 atom stereocenters. The fourth-order valence-electron chi connectivity index (χ4n) is 1.88. The number of nitrogens with zero attached hydrogens (tertiary/aromatic N) is 1. The van der Waals surface area contributed by atoms with E-state index in [4.69, 9.17) is 13.9 Å². The summed E-state index contributed by atoms with van der Waals surface area (Å²) >= 11 is 0. The number of hydrogen-bond donors (Lipinski definition) is 0. The van der Waals surface area contributed by atoms with E-state index in [9.17, 15) is 4.79 Å². The standard InChI is InChI=1S/C13H11NO4/c1-7(15)12-8(2)18-13(14-12)9-3-4-10-11(5-9)17-6-16-10/h3-5H,6H2,1-2H3. The van der Waals surface area contributed by atoms with Crippen molar-refractivity contribution in [1.29, 1.82) is 0 Å². The maximum Gasteiger partial charge on any atom is 0.231 e. The number of aryl methyl sites for hydroxylation is 1. The quantitative estimate of drug-likeness (QED) is 0.761. The minimum Gasteiger partial charge on any atom is -0.454 e. The molecule has 2 aromatic rings. The molecule has 0 spiro atoms. The summed E-state index contributed by atoms with van der Waals surface area (Å²) < 4.78 is 16.0. The number of hydrogen-bond acceptors (Lipinski definition) is 5. The number of ether oxygens (including phenoxy) is 2. The van der Waals surface area contributed by atoms with Gasteiger partial charge < -0.3 is 13.9 Å². The SMILES string of the molecule is CC(=O)c1nc(-c2ccc3c(c2)OCO3)oc1C. The predicted octanol–water partition coefficient (Wildman–Crippen LogP) is 2.58. The first kappa shape index (κ1) is 10.8. The Hall–Kier alpha value is -2.30. The van der Waals surface area contributed by atoms with Gasteiger partial charge >= 0.3 is 0 Å². The molecule has 18 heavy (non-hydrogen) atoms. The van der Waals surface area contributed by atoms with Crippen molar-refractivity contribution >= 4 is 5.78 Å². The molecule has 0 aliphatic carbocycles. The van der Waals surface area contributed by atoms with Crippen molar-refractivity contribution < 1.29 is 18.7 Å². The monoisotopic (exact) mass is 245 g/mol. The summed E-state index contributed by atoms with van der Waals surface area (Å²) in [7, 11) is 0. The lowest BCUT2D eigenvalue weighted by Gasteiger charge is -1.98. The van der Waals surface area contributed by atoms with Crippen LogP contribution in [0.1, 0.15) is 23.2 Å². The zero-order valence-electron chi connectivity index (χ0n) is 10.0. The van der Waals surface area contributed by atoms with E-state index in [-0.39, 0.29) is 12.6 Å². The van der Waals surface area contributed by atoms with Crippen molar-refractivity contribution in [2.24, 2.45) is 0 Å². The molecular weight excluding hydrogens is 234 g/mol. The first-order chi connectivity index (χ1) is 8.65. The van der Waals surface area contributed by atoms with Gasteiger partial charge in [-0.25, -0.2) is 4.98 Å². The van der Waals surface area contributed by atoms with Gasteiger partial charge in [-0.1, -0.05) is 0 Å². The molecule has 0 amide bonds. The van der Waals surface area contributed by atoms with Crippen molar-refractivity contribution in [3.8, 4) is 23.0 Å². The molecular formula is C13H11NO4. The molecule has 0 unspecified atom stereocenters. The van der Waals surface area contributed by atoms with Gasteiger partial charge in [0.1, 0.15) is 11.5 Å². The van der Waals surface area contributed by atoms with E-state index in [2.05, 4.69) is 4.98 Å². The number of fused-ring (bicyclic) bond motifs is 1. The third-order valence-electron chi connectivity index (χ3n) is 2.75. The highest BCUT2D eigenvalue weighted by atomic mass is 16.7. The number of oxazole rings is 1. The molecule has 1 aliphatic heterocycles. The molecule has 3 rings (SSSR count). The second-order valence-electron chi connectivity index (χ2n) is 4.05. The van der Waals surface area contributed by atoms with E-state index in [1.54, 1.807) is 19.1 Å². The summed E-state index contributed by atoms with van der Waals surface area (Å²) in [6.07, 6.45) is 0. The lowest BCUT2D eigenvalue weighted by Crippen LogP contribution is -1.94. The van der Waals surface area contributed by atoms with Crippen LogP contribution in [-0.2, 0) is 0 Å². The van der Waals surface area contributed by atoms with E-state index in [0.29, 0.717) is 28.8 Å². The second kappa shape index (κ2) is 3.87. The van der Waals surface area contributed by atoms with Gasteiger partial charge in [0.2, 0.25) is 12.7 Å². The van der Waals surface area contributed by atoms with Crippen LogP contribution in [0.15, 0.2) is 22.6 Å². The highest BCUT2D eigenvalue weighted by Gasteiger charge is 2.18. The van der Waals surface area contributed by atoms with Crippen LogP contribution >= 0.6 is 0 Å². The van der Waals surface area contributed by atoms with Crippen LogP contribution in [-0.4, -0.2) is 17.6 Å². The molecule has 1 aromatic carbocycles. The summed E-state index contributed by atoms with van der Waals surface area (Å²) in [5.74, 6) is 2.19. The molecule has 0 fully saturated rings. The Balaban J connectivity index is 2.05. The van der Waals surface area contributed by atoms with Crippen LogP contribution in [0.5, 0.6) is 11.5 Å². The smallest absolute Gasteiger partial charge is 0.231 e. The van der Waals surface area contributed by atoms with Crippen molar-refractivity contribution in [3.63, 3.8) is 0 Å². The highest BCUT2D eigenvalue weighted by molar-refractivity contribution is 5.93. The molecule has 5 nitrogen and oxygen atoms in total. The Kier molecular flexibility index (Phi) is 2.33. The molecule has 0 saturated carbocycles. The van der Waals surface area contributed by atoms with E-state index in [1.165, 1.54) is 6.92 Å². The predicted molar refractivity (Wildman–Crippen MR) is 62.8 cm³/mol. The Bertz CT molecular complexity index is 630. The van der Waals surface area contributed by atoms with Crippen LogP contribution in [0.3, 0.4) is 0 Å². The van der Waals surface area contributed by atoms with Crippen LogP contribution in [0.2, 0.25) is 0 Å². The van der Waals surface area contributed by atoms with Crippen molar-refractivity contribution in [2.45, 2.75) is 13.8 Å². The maximum atomic E-state index is 11.3. The normalized spacial score (nSPS) is 12.8. The van der Waals surface area contributed by atoms with Gasteiger partial charge in [-0.3, -0.25) is 4.79 Å². The third kappa shape index (κ3) is 1.64.